The maximum atomic E-state index is 12.8. The van der Waals surface area contributed by atoms with Gasteiger partial charge in [-0.05, 0) is 12.1 Å². The summed E-state index contributed by atoms with van der Waals surface area (Å²) in [5, 5.41) is 8.74. The summed E-state index contributed by atoms with van der Waals surface area (Å²) in [4.78, 5) is 27.1. The highest BCUT2D eigenvalue weighted by molar-refractivity contribution is 6.00. The number of aromatic nitrogens is 3. The minimum atomic E-state index is -0.274. The lowest BCUT2D eigenvalue weighted by Gasteiger charge is -2.27. The smallest absolute Gasteiger partial charge is 0.240 e. The minimum absolute atomic E-state index is 0.0915. The average Bonchev–Trinajstić information content (AvgIpc) is 3.45. The number of carbonyl (C=O) groups excluding carboxylic acids is 2. The van der Waals surface area contributed by atoms with Crippen LogP contribution in [0.1, 0.15) is 12.0 Å². The number of rotatable bonds is 7. The molecule has 0 saturated carbocycles. The molecule has 0 spiro atoms. The van der Waals surface area contributed by atoms with Gasteiger partial charge in [0.2, 0.25) is 11.8 Å². The Morgan fingerprint density at radius 1 is 1.11 bits per heavy atom. The maximum Gasteiger partial charge on any atom is 0.240 e. The first-order valence-corrected chi connectivity index (χ1v) is 11.4. The Kier molecular flexibility index (Phi) is 5.90. The summed E-state index contributed by atoms with van der Waals surface area (Å²) in [6.45, 7) is 0.644. The third-order valence-corrected chi connectivity index (χ3v) is 6.31. The van der Waals surface area contributed by atoms with E-state index in [1.54, 1.807) is 25.0 Å². The zero-order valence-corrected chi connectivity index (χ0v) is 19.9. The van der Waals surface area contributed by atoms with Crippen LogP contribution in [-0.2, 0) is 29.7 Å². The number of amides is 2. The molecule has 0 aliphatic carbocycles. The molecule has 1 aliphatic heterocycles. The molecule has 0 radical (unpaired) electrons. The molecule has 2 amide bonds. The van der Waals surface area contributed by atoms with Crippen molar-refractivity contribution in [2.75, 3.05) is 25.7 Å². The number of fused-ring (bicyclic) bond motifs is 2. The van der Waals surface area contributed by atoms with E-state index < -0.39 is 0 Å². The SMILES string of the molecule is COc1cccc(CNC(=O)CN2C(=O)CCn3nc(-c4cn(C)c5ccccc45)cc32)c1OC. The highest BCUT2D eigenvalue weighted by Crippen LogP contribution is 2.33. The van der Waals surface area contributed by atoms with Gasteiger partial charge in [0.15, 0.2) is 11.5 Å². The van der Waals surface area contributed by atoms with E-state index in [-0.39, 0.29) is 24.9 Å². The predicted molar refractivity (Wildman–Crippen MR) is 133 cm³/mol. The number of hydrogen-bond donors (Lipinski definition) is 1. The summed E-state index contributed by atoms with van der Waals surface area (Å²) >= 11 is 0. The fourth-order valence-corrected chi connectivity index (χ4v) is 4.59. The van der Waals surface area contributed by atoms with Gasteiger partial charge in [-0.2, -0.15) is 5.10 Å². The second-order valence-electron chi connectivity index (χ2n) is 8.44. The fourth-order valence-electron chi connectivity index (χ4n) is 4.59. The van der Waals surface area contributed by atoms with Gasteiger partial charge < -0.3 is 19.4 Å². The Bertz CT molecular complexity index is 1420. The standard InChI is InChI=1S/C26H27N5O4/c1-29-15-19(18-8-4-5-9-21(18)29)20-13-24-30(25(33)11-12-31(24)28-20)16-23(32)27-14-17-7-6-10-22(34-2)26(17)35-3/h4-10,13,15H,11-12,14,16H2,1-3H3,(H,27,32). The molecule has 0 bridgehead atoms. The number of nitrogens with zero attached hydrogens (tertiary/aromatic N) is 4. The van der Waals surface area contributed by atoms with E-state index in [0.29, 0.717) is 30.3 Å². The van der Waals surface area contributed by atoms with E-state index in [9.17, 15) is 9.59 Å². The summed E-state index contributed by atoms with van der Waals surface area (Å²) < 4.78 is 14.6. The molecule has 3 heterocycles. The van der Waals surface area contributed by atoms with E-state index in [0.717, 1.165) is 27.7 Å². The number of anilines is 1. The van der Waals surface area contributed by atoms with E-state index in [1.165, 1.54) is 4.90 Å². The highest BCUT2D eigenvalue weighted by atomic mass is 16.5. The predicted octanol–water partition coefficient (Wildman–Crippen LogP) is 3.11. The highest BCUT2D eigenvalue weighted by Gasteiger charge is 2.29. The van der Waals surface area contributed by atoms with Crippen LogP contribution in [0.4, 0.5) is 5.82 Å². The molecular formula is C26H27N5O4. The van der Waals surface area contributed by atoms with E-state index in [4.69, 9.17) is 14.6 Å². The summed E-state index contributed by atoms with van der Waals surface area (Å²) in [6, 6.07) is 15.5. The molecule has 9 nitrogen and oxygen atoms in total. The number of aryl methyl sites for hydroxylation is 2. The van der Waals surface area contributed by atoms with Crippen LogP contribution in [0.2, 0.25) is 0 Å². The molecule has 2 aromatic carbocycles. The molecule has 5 rings (SSSR count). The lowest BCUT2D eigenvalue weighted by atomic mass is 10.1. The Hall–Kier alpha value is -4.27. The van der Waals surface area contributed by atoms with Crippen molar-refractivity contribution in [3.8, 4) is 22.8 Å². The molecule has 1 aliphatic rings. The van der Waals surface area contributed by atoms with Gasteiger partial charge in [-0.25, -0.2) is 4.68 Å². The fraction of sp³-hybridized carbons (Fsp3) is 0.269. The van der Waals surface area contributed by atoms with Crippen LogP contribution in [0.3, 0.4) is 0 Å². The minimum Gasteiger partial charge on any atom is -0.493 e. The molecular weight excluding hydrogens is 446 g/mol. The quantitative estimate of drug-likeness (QED) is 0.445. The van der Waals surface area contributed by atoms with E-state index in [1.807, 2.05) is 43.6 Å². The lowest BCUT2D eigenvalue weighted by Crippen LogP contribution is -2.44. The number of methoxy groups -OCH3 is 2. The Morgan fingerprint density at radius 3 is 2.74 bits per heavy atom. The zero-order chi connectivity index (χ0) is 24.5. The molecule has 0 atom stereocenters. The van der Waals surface area contributed by atoms with Crippen LogP contribution in [0.25, 0.3) is 22.2 Å². The molecule has 35 heavy (non-hydrogen) atoms. The largest absolute Gasteiger partial charge is 0.493 e. The molecule has 4 aromatic rings. The first-order chi connectivity index (χ1) is 17.0. The summed E-state index contributed by atoms with van der Waals surface area (Å²) in [7, 11) is 5.13. The number of carbonyl (C=O) groups is 2. The Balaban J connectivity index is 1.36. The molecule has 0 fully saturated rings. The number of hydrogen-bond acceptors (Lipinski definition) is 5. The van der Waals surface area contributed by atoms with Crippen LogP contribution in [-0.4, -0.2) is 46.9 Å². The van der Waals surface area contributed by atoms with Gasteiger partial charge in [0.1, 0.15) is 12.4 Å². The summed E-state index contributed by atoms with van der Waals surface area (Å²) in [5.41, 5.74) is 3.66. The van der Waals surface area contributed by atoms with Crippen molar-refractivity contribution in [1.82, 2.24) is 19.7 Å². The van der Waals surface area contributed by atoms with Gasteiger partial charge in [0, 0.05) is 54.3 Å². The summed E-state index contributed by atoms with van der Waals surface area (Å²) in [5.74, 6) is 1.41. The third-order valence-electron chi connectivity index (χ3n) is 6.31. The van der Waals surface area contributed by atoms with Crippen LogP contribution in [0.5, 0.6) is 11.5 Å². The first kappa shape index (κ1) is 22.5. The van der Waals surface area contributed by atoms with Gasteiger partial charge in [-0.3, -0.25) is 14.5 Å². The van der Waals surface area contributed by atoms with Gasteiger partial charge in [-0.1, -0.05) is 30.3 Å². The molecule has 0 saturated heterocycles. The van der Waals surface area contributed by atoms with Crippen LogP contribution < -0.4 is 19.7 Å². The number of ether oxygens (including phenoxy) is 2. The van der Waals surface area contributed by atoms with Gasteiger partial charge in [0.05, 0.1) is 26.5 Å². The zero-order valence-electron chi connectivity index (χ0n) is 19.9. The number of para-hydroxylation sites is 2. The van der Waals surface area contributed by atoms with Crippen molar-refractivity contribution in [3.05, 3.63) is 60.3 Å². The van der Waals surface area contributed by atoms with Crippen molar-refractivity contribution >= 4 is 28.5 Å². The van der Waals surface area contributed by atoms with Gasteiger partial charge in [0.25, 0.3) is 0 Å². The van der Waals surface area contributed by atoms with Crippen molar-refractivity contribution in [3.63, 3.8) is 0 Å². The van der Waals surface area contributed by atoms with Gasteiger partial charge >= 0.3 is 0 Å². The van der Waals surface area contributed by atoms with Crippen LogP contribution >= 0.6 is 0 Å². The number of benzene rings is 2. The van der Waals surface area contributed by atoms with Crippen molar-refractivity contribution in [2.24, 2.45) is 7.05 Å². The maximum absolute atomic E-state index is 12.8. The molecule has 180 valence electrons. The lowest BCUT2D eigenvalue weighted by molar-refractivity contribution is -0.124. The average molecular weight is 474 g/mol. The monoisotopic (exact) mass is 473 g/mol. The van der Waals surface area contributed by atoms with Crippen LogP contribution in [0.15, 0.2) is 54.7 Å². The second kappa shape index (κ2) is 9.17. The van der Waals surface area contributed by atoms with Gasteiger partial charge in [-0.15, -0.1) is 0 Å². The molecule has 2 aromatic heterocycles. The van der Waals surface area contributed by atoms with Crippen molar-refractivity contribution in [1.29, 1.82) is 0 Å². The Morgan fingerprint density at radius 2 is 1.94 bits per heavy atom. The summed E-state index contributed by atoms with van der Waals surface area (Å²) in [6.07, 6.45) is 2.33. The van der Waals surface area contributed by atoms with E-state index in [2.05, 4.69) is 22.0 Å². The second-order valence-corrected chi connectivity index (χ2v) is 8.44. The topological polar surface area (TPSA) is 90.6 Å². The third kappa shape index (κ3) is 4.09. The molecule has 0 unspecified atom stereocenters. The van der Waals surface area contributed by atoms with Crippen molar-refractivity contribution < 1.29 is 19.1 Å². The molecule has 9 heteroatoms. The number of nitrogens with one attached hydrogen (secondary N) is 1. The van der Waals surface area contributed by atoms with E-state index >= 15 is 0 Å². The first-order valence-electron chi connectivity index (χ1n) is 11.4. The van der Waals surface area contributed by atoms with Crippen LogP contribution in [0, 0.1) is 0 Å². The Labute approximate surface area is 202 Å². The van der Waals surface area contributed by atoms with Crippen molar-refractivity contribution in [2.45, 2.75) is 19.5 Å². The molecule has 1 N–H and O–H groups in total. The normalized spacial score (nSPS) is 13.1.